The first-order valence-corrected chi connectivity index (χ1v) is 3.85. The van der Waals surface area contributed by atoms with Crippen LogP contribution in [0.4, 0.5) is 0 Å². The summed E-state index contributed by atoms with van der Waals surface area (Å²) < 4.78 is 20.5. The van der Waals surface area contributed by atoms with Gasteiger partial charge in [0.1, 0.15) is 6.04 Å². The van der Waals surface area contributed by atoms with Gasteiger partial charge in [-0.25, -0.2) is 4.79 Å². The highest BCUT2D eigenvalue weighted by atomic mass is 32.2. The molecule has 11 heavy (non-hydrogen) atoms. The van der Waals surface area contributed by atoms with Gasteiger partial charge in [-0.15, -0.1) is 0 Å². The second-order valence-corrected chi connectivity index (χ2v) is 2.52. The number of carboxylic acid groups (broad SMARTS) is 1. The van der Waals surface area contributed by atoms with Crippen molar-refractivity contribution < 1.29 is 18.8 Å². The molecular formula is C6H11NO3S. The van der Waals surface area contributed by atoms with Gasteiger partial charge in [0.2, 0.25) is 5.91 Å². The summed E-state index contributed by atoms with van der Waals surface area (Å²) in [7, 11) is 0. The third-order valence-corrected chi connectivity index (χ3v) is 1.43. The minimum Gasteiger partial charge on any atom is -0.480 e. The number of hydrogen-bond acceptors (Lipinski definition) is 3. The van der Waals surface area contributed by atoms with Crippen molar-refractivity contribution in [2.75, 3.05) is 11.9 Å². The number of nitrogens with one attached hydrogen (secondary N) is 1. The zero-order chi connectivity index (χ0) is 11.4. The van der Waals surface area contributed by atoms with Crippen LogP contribution in [0, 0.1) is 0 Å². The largest absolute Gasteiger partial charge is 0.480 e. The van der Waals surface area contributed by atoms with E-state index in [0.717, 1.165) is 0 Å². The number of rotatable bonds is 4. The molecule has 0 bridgehead atoms. The van der Waals surface area contributed by atoms with Crippen molar-refractivity contribution in [1.82, 2.24) is 5.32 Å². The van der Waals surface area contributed by atoms with Crippen LogP contribution in [0.1, 0.15) is 11.0 Å². The van der Waals surface area contributed by atoms with Crippen LogP contribution in [0.15, 0.2) is 0 Å². The van der Waals surface area contributed by atoms with Gasteiger partial charge in [-0.3, -0.25) is 4.79 Å². The molecule has 4 nitrogen and oxygen atoms in total. The maximum atomic E-state index is 10.6. The molecular weight excluding hydrogens is 166 g/mol. The van der Waals surface area contributed by atoms with Gasteiger partial charge in [0, 0.05) is 16.8 Å². The number of thioether (sulfide) groups is 1. The second kappa shape index (κ2) is 5.01. The van der Waals surface area contributed by atoms with Gasteiger partial charge in [-0.05, 0) is 6.18 Å². The SMILES string of the molecule is [2H]C([2H])([2H])SC[C@@H](NC(C)=O)C(=O)O. The molecule has 5 heteroatoms. The number of aliphatic carboxylic acids is 1. The molecule has 0 aromatic rings. The van der Waals surface area contributed by atoms with Crippen molar-refractivity contribution in [2.45, 2.75) is 13.0 Å². The minimum absolute atomic E-state index is 0.175. The van der Waals surface area contributed by atoms with E-state index in [9.17, 15) is 9.59 Å². The van der Waals surface area contributed by atoms with Crippen molar-refractivity contribution in [3.05, 3.63) is 0 Å². The van der Waals surface area contributed by atoms with E-state index >= 15 is 0 Å². The monoisotopic (exact) mass is 180 g/mol. The summed E-state index contributed by atoms with van der Waals surface area (Å²) >= 11 is 0.516. The number of carbonyl (C=O) groups is 2. The fourth-order valence-corrected chi connectivity index (χ4v) is 0.896. The molecule has 0 saturated carbocycles. The first-order valence-electron chi connectivity index (χ1n) is 4.36. The topological polar surface area (TPSA) is 66.4 Å². The maximum Gasteiger partial charge on any atom is 0.327 e. The van der Waals surface area contributed by atoms with E-state index in [-0.39, 0.29) is 5.75 Å². The van der Waals surface area contributed by atoms with Crippen molar-refractivity contribution in [1.29, 1.82) is 0 Å². The van der Waals surface area contributed by atoms with Crippen LogP contribution in [0.3, 0.4) is 0 Å². The minimum atomic E-state index is -2.24. The van der Waals surface area contributed by atoms with Gasteiger partial charge in [0.05, 0.1) is 0 Å². The predicted molar refractivity (Wildman–Crippen MR) is 43.6 cm³/mol. The van der Waals surface area contributed by atoms with E-state index in [2.05, 4.69) is 5.32 Å². The summed E-state index contributed by atoms with van der Waals surface area (Å²) in [6.45, 7) is 1.18. The summed E-state index contributed by atoms with van der Waals surface area (Å²) in [6.07, 6.45) is -2.24. The van der Waals surface area contributed by atoms with E-state index in [0.29, 0.717) is 11.8 Å². The van der Waals surface area contributed by atoms with Crippen LogP contribution in [-0.2, 0) is 9.59 Å². The van der Waals surface area contributed by atoms with Gasteiger partial charge in [-0.1, -0.05) is 0 Å². The standard InChI is InChI=1S/C6H11NO3S/c1-4(8)7-5(3-11-2)6(9)10/h5H,3H2,1-2H3,(H,7,8)(H,9,10)/t5-/m1/s1/i2D3. The van der Waals surface area contributed by atoms with E-state index < -0.39 is 24.1 Å². The molecule has 0 saturated heterocycles. The van der Waals surface area contributed by atoms with Crippen LogP contribution >= 0.6 is 11.8 Å². The Morgan fingerprint density at radius 1 is 1.82 bits per heavy atom. The fourth-order valence-electron chi connectivity index (χ4n) is 0.503. The van der Waals surface area contributed by atoms with Gasteiger partial charge in [0.15, 0.2) is 0 Å². The fraction of sp³-hybridized carbons (Fsp3) is 0.667. The number of carboxylic acids is 1. The van der Waals surface area contributed by atoms with E-state index in [1.165, 1.54) is 6.92 Å². The molecule has 1 atom stereocenters. The molecule has 0 spiro atoms. The van der Waals surface area contributed by atoms with E-state index in [1.807, 2.05) is 0 Å². The van der Waals surface area contributed by atoms with Crippen molar-refractivity contribution in [3.8, 4) is 0 Å². The molecule has 0 fully saturated rings. The molecule has 2 N–H and O–H groups in total. The average molecular weight is 180 g/mol. The molecule has 0 rings (SSSR count). The summed E-state index contributed by atoms with van der Waals surface area (Å²) in [4.78, 5) is 21.1. The van der Waals surface area contributed by atoms with Crippen molar-refractivity contribution in [3.63, 3.8) is 0 Å². The molecule has 0 radical (unpaired) electrons. The molecule has 0 aliphatic rings. The van der Waals surface area contributed by atoms with Crippen LogP contribution in [0.25, 0.3) is 0 Å². The Kier molecular flexibility index (Phi) is 2.68. The van der Waals surface area contributed by atoms with Gasteiger partial charge in [-0.2, -0.15) is 11.8 Å². The third-order valence-electron chi connectivity index (χ3n) is 0.926. The number of amides is 1. The lowest BCUT2D eigenvalue weighted by Crippen LogP contribution is -2.41. The molecule has 0 aliphatic heterocycles. The first kappa shape index (κ1) is 5.88. The quantitative estimate of drug-likeness (QED) is 0.636. The highest BCUT2D eigenvalue weighted by molar-refractivity contribution is 7.98. The Balaban J connectivity index is 4.11. The highest BCUT2D eigenvalue weighted by Gasteiger charge is 2.16. The van der Waals surface area contributed by atoms with Crippen LogP contribution in [-0.4, -0.2) is 35.0 Å². The maximum absolute atomic E-state index is 10.6. The molecule has 64 valence electrons. The zero-order valence-electron chi connectivity index (χ0n) is 8.96. The normalized spacial score (nSPS) is 17.4. The van der Waals surface area contributed by atoms with Gasteiger partial charge >= 0.3 is 5.97 Å². The zero-order valence-corrected chi connectivity index (χ0v) is 6.77. The van der Waals surface area contributed by atoms with E-state index in [4.69, 9.17) is 9.22 Å². The molecule has 0 aromatic heterocycles. The number of hydrogen-bond donors (Lipinski definition) is 2. The Morgan fingerprint density at radius 2 is 2.45 bits per heavy atom. The molecule has 0 heterocycles. The number of carbonyl (C=O) groups excluding carboxylic acids is 1. The van der Waals surface area contributed by atoms with Crippen LogP contribution in [0.2, 0.25) is 0 Å². The smallest absolute Gasteiger partial charge is 0.327 e. The summed E-state index contributed by atoms with van der Waals surface area (Å²) in [6, 6.07) is -1.15. The molecule has 0 unspecified atom stereocenters. The Labute approximate surface area is 73.6 Å². The van der Waals surface area contributed by atoms with Crippen LogP contribution in [0.5, 0.6) is 0 Å². The van der Waals surface area contributed by atoms with Crippen molar-refractivity contribution in [2.24, 2.45) is 0 Å². The summed E-state index contributed by atoms with van der Waals surface area (Å²) in [5.74, 6) is -1.91. The molecule has 0 aliphatic carbocycles. The lowest BCUT2D eigenvalue weighted by Gasteiger charge is -2.10. The third kappa shape index (κ3) is 4.66. The van der Waals surface area contributed by atoms with Crippen LogP contribution < -0.4 is 5.32 Å². The van der Waals surface area contributed by atoms with Gasteiger partial charge in [0.25, 0.3) is 0 Å². The predicted octanol–water partition coefficient (Wildman–Crippen LogP) is -0.0613. The van der Waals surface area contributed by atoms with Gasteiger partial charge < -0.3 is 10.4 Å². The molecule has 1 amide bonds. The molecule has 0 aromatic carbocycles. The van der Waals surface area contributed by atoms with E-state index in [1.54, 1.807) is 0 Å². The second-order valence-electron chi connectivity index (χ2n) is 1.90. The van der Waals surface area contributed by atoms with Crippen molar-refractivity contribution >= 4 is 23.6 Å². The lowest BCUT2D eigenvalue weighted by molar-refractivity contribution is -0.140. The first-order chi connectivity index (χ1) is 6.22. The Bertz CT molecular complexity index is 231. The Hall–Kier alpha value is -0.710. The lowest BCUT2D eigenvalue weighted by atomic mass is 10.3. The highest BCUT2D eigenvalue weighted by Crippen LogP contribution is 1.96. The summed E-state index contributed by atoms with van der Waals surface area (Å²) in [5.41, 5.74) is 0. The summed E-state index contributed by atoms with van der Waals surface area (Å²) in [5, 5.41) is 10.7. The Morgan fingerprint density at radius 3 is 2.82 bits per heavy atom. The average Bonchev–Trinajstić information content (AvgIpc) is 1.94.